The van der Waals surface area contributed by atoms with Gasteiger partial charge < -0.3 is 15.8 Å². The number of rotatable bonds is 6. The van der Waals surface area contributed by atoms with E-state index in [0.717, 1.165) is 10.6 Å². The lowest BCUT2D eigenvalue weighted by Crippen LogP contribution is -2.23. The van der Waals surface area contributed by atoms with E-state index in [2.05, 4.69) is 5.32 Å². The molecule has 0 aliphatic heterocycles. The van der Waals surface area contributed by atoms with Crippen molar-refractivity contribution >= 4 is 39.9 Å². The third-order valence-electron chi connectivity index (χ3n) is 2.91. The first kappa shape index (κ1) is 16.4. The molecule has 0 aliphatic carbocycles. The van der Waals surface area contributed by atoms with Crippen LogP contribution in [0.25, 0.3) is 0 Å². The zero-order valence-electron chi connectivity index (χ0n) is 12.2. The minimum Gasteiger partial charge on any atom is -0.497 e. The van der Waals surface area contributed by atoms with Crippen LogP contribution in [-0.4, -0.2) is 24.2 Å². The van der Waals surface area contributed by atoms with Crippen molar-refractivity contribution in [2.45, 2.75) is 17.1 Å². The summed E-state index contributed by atoms with van der Waals surface area (Å²) in [6.07, 6.45) is 0. The van der Waals surface area contributed by atoms with E-state index in [-0.39, 0.29) is 11.2 Å². The second-order valence-electron chi connectivity index (χ2n) is 4.45. The van der Waals surface area contributed by atoms with Crippen LogP contribution in [0.1, 0.15) is 17.3 Å². The molecular weight excluding hydrogens is 320 g/mol. The Labute approximate surface area is 136 Å². The third-order valence-corrected chi connectivity index (χ3v) is 4.85. The van der Waals surface area contributed by atoms with Crippen molar-refractivity contribution < 1.29 is 14.3 Å². The minimum absolute atomic E-state index is 0.175. The van der Waals surface area contributed by atoms with Crippen LogP contribution < -0.4 is 15.8 Å². The van der Waals surface area contributed by atoms with Crippen LogP contribution in [0.15, 0.2) is 40.6 Å². The maximum absolute atomic E-state index is 12.2. The van der Waals surface area contributed by atoms with Crippen LogP contribution in [0.5, 0.6) is 5.75 Å². The molecule has 1 heterocycles. The van der Waals surface area contributed by atoms with Crippen LogP contribution in [0.2, 0.25) is 0 Å². The maximum atomic E-state index is 12.2. The normalized spacial score (nSPS) is 11.7. The molecule has 0 saturated carbocycles. The Kier molecular flexibility index (Phi) is 5.46. The fraction of sp³-hybridized carbons (Fsp3) is 0.200. The number of nitrogens with two attached hydrogens (primary N) is 1. The first-order valence-corrected chi connectivity index (χ1v) is 8.26. The number of thioether (sulfide) groups is 1. The maximum Gasteiger partial charge on any atom is 0.251 e. The molecule has 5 nitrogen and oxygen atoms in total. The number of benzene rings is 1. The summed E-state index contributed by atoms with van der Waals surface area (Å²) in [5.41, 5.74) is 5.59. The van der Waals surface area contributed by atoms with Crippen molar-refractivity contribution in [1.82, 2.24) is 0 Å². The van der Waals surface area contributed by atoms with Gasteiger partial charge in [0.25, 0.3) is 5.91 Å². The van der Waals surface area contributed by atoms with Gasteiger partial charge in [0.1, 0.15) is 10.8 Å². The second-order valence-corrected chi connectivity index (χ2v) is 6.78. The Balaban J connectivity index is 1.99. The summed E-state index contributed by atoms with van der Waals surface area (Å²) in [7, 11) is 1.61. The van der Waals surface area contributed by atoms with Crippen LogP contribution in [0.4, 0.5) is 5.00 Å². The molecule has 0 aliphatic rings. The summed E-state index contributed by atoms with van der Waals surface area (Å²) >= 11 is 2.70. The topological polar surface area (TPSA) is 81.4 Å². The predicted octanol–water partition coefficient (Wildman–Crippen LogP) is 2.97. The molecule has 1 aromatic carbocycles. The van der Waals surface area contributed by atoms with Crippen LogP contribution in [-0.2, 0) is 4.79 Å². The monoisotopic (exact) mass is 336 g/mol. The van der Waals surface area contributed by atoms with E-state index in [1.54, 1.807) is 18.6 Å². The molecule has 3 N–H and O–H groups in total. The average molecular weight is 336 g/mol. The van der Waals surface area contributed by atoms with Gasteiger partial charge in [-0.05, 0) is 42.6 Å². The molecule has 0 radical (unpaired) electrons. The lowest BCUT2D eigenvalue weighted by Gasteiger charge is -2.12. The van der Waals surface area contributed by atoms with Gasteiger partial charge in [0.05, 0.1) is 17.9 Å². The third kappa shape index (κ3) is 4.02. The number of anilines is 1. The van der Waals surface area contributed by atoms with Gasteiger partial charge in [-0.25, -0.2) is 0 Å². The number of ether oxygens (including phenoxy) is 1. The highest BCUT2D eigenvalue weighted by atomic mass is 32.2. The van der Waals surface area contributed by atoms with Gasteiger partial charge in [-0.2, -0.15) is 0 Å². The van der Waals surface area contributed by atoms with E-state index in [0.29, 0.717) is 10.6 Å². The van der Waals surface area contributed by atoms with Gasteiger partial charge in [0.2, 0.25) is 5.91 Å². The van der Waals surface area contributed by atoms with E-state index < -0.39 is 5.91 Å². The summed E-state index contributed by atoms with van der Waals surface area (Å²) in [6, 6.07) is 9.08. The van der Waals surface area contributed by atoms with Crippen molar-refractivity contribution in [3.63, 3.8) is 0 Å². The number of amides is 2. The highest BCUT2D eigenvalue weighted by molar-refractivity contribution is 8.00. The molecule has 1 atom stereocenters. The molecule has 1 unspecified atom stereocenters. The van der Waals surface area contributed by atoms with Gasteiger partial charge in [0, 0.05) is 4.90 Å². The fourth-order valence-electron chi connectivity index (χ4n) is 1.73. The number of methoxy groups -OCH3 is 1. The Morgan fingerprint density at radius 3 is 2.55 bits per heavy atom. The predicted molar refractivity (Wildman–Crippen MR) is 89.8 cm³/mol. The summed E-state index contributed by atoms with van der Waals surface area (Å²) in [5.74, 6) is 0.0453. The highest BCUT2D eigenvalue weighted by Gasteiger charge is 2.18. The smallest absolute Gasteiger partial charge is 0.251 e. The van der Waals surface area contributed by atoms with Gasteiger partial charge in [-0.1, -0.05) is 0 Å². The van der Waals surface area contributed by atoms with E-state index in [4.69, 9.17) is 10.5 Å². The molecule has 0 spiro atoms. The quantitative estimate of drug-likeness (QED) is 0.795. The number of thiophene rings is 1. The van der Waals surface area contributed by atoms with Crippen molar-refractivity contribution in [3.8, 4) is 5.75 Å². The van der Waals surface area contributed by atoms with Crippen LogP contribution in [0, 0.1) is 0 Å². The molecule has 2 amide bonds. The van der Waals surface area contributed by atoms with Crippen molar-refractivity contribution in [2.75, 3.05) is 12.4 Å². The molecule has 2 rings (SSSR count). The SMILES string of the molecule is COc1ccc(SC(C)C(=O)Nc2sccc2C(N)=O)cc1. The van der Waals surface area contributed by atoms with Gasteiger partial charge in [0.15, 0.2) is 0 Å². The van der Waals surface area contributed by atoms with E-state index in [1.165, 1.54) is 23.1 Å². The number of hydrogen-bond acceptors (Lipinski definition) is 5. The Bertz CT molecular complexity index is 668. The number of primary amides is 1. The van der Waals surface area contributed by atoms with Crippen molar-refractivity contribution in [3.05, 3.63) is 41.3 Å². The number of nitrogens with one attached hydrogen (secondary N) is 1. The van der Waals surface area contributed by atoms with Crippen LogP contribution in [0.3, 0.4) is 0 Å². The largest absolute Gasteiger partial charge is 0.497 e. The molecular formula is C15H16N2O3S2. The van der Waals surface area contributed by atoms with Crippen molar-refractivity contribution in [2.24, 2.45) is 5.73 Å². The summed E-state index contributed by atoms with van der Waals surface area (Å²) in [5, 5.41) is 4.64. The Morgan fingerprint density at radius 2 is 1.95 bits per heavy atom. The first-order chi connectivity index (χ1) is 10.5. The molecule has 1 aromatic heterocycles. The van der Waals surface area contributed by atoms with Gasteiger partial charge >= 0.3 is 0 Å². The first-order valence-electron chi connectivity index (χ1n) is 6.50. The zero-order valence-corrected chi connectivity index (χ0v) is 13.8. The summed E-state index contributed by atoms with van der Waals surface area (Å²) < 4.78 is 5.10. The standard InChI is InChI=1S/C15H16N2O3S2/c1-9(22-11-5-3-10(20-2)4-6-11)14(19)17-15-12(13(16)18)7-8-21-15/h3-9H,1-2H3,(H2,16,18)(H,17,19). The zero-order chi connectivity index (χ0) is 16.1. The number of carbonyl (C=O) groups is 2. The highest BCUT2D eigenvalue weighted by Crippen LogP contribution is 2.28. The van der Waals surface area contributed by atoms with E-state index in [1.807, 2.05) is 31.2 Å². The van der Waals surface area contributed by atoms with E-state index in [9.17, 15) is 9.59 Å². The Morgan fingerprint density at radius 1 is 1.27 bits per heavy atom. The molecule has 7 heteroatoms. The second kappa shape index (κ2) is 7.33. The molecule has 116 valence electrons. The summed E-state index contributed by atoms with van der Waals surface area (Å²) in [6.45, 7) is 1.81. The molecule has 0 saturated heterocycles. The van der Waals surface area contributed by atoms with Crippen molar-refractivity contribution in [1.29, 1.82) is 0 Å². The minimum atomic E-state index is -0.549. The average Bonchev–Trinajstić information content (AvgIpc) is 2.96. The Hall–Kier alpha value is -1.99. The fourth-order valence-corrected chi connectivity index (χ4v) is 3.39. The number of hydrogen-bond donors (Lipinski definition) is 2. The summed E-state index contributed by atoms with van der Waals surface area (Å²) in [4.78, 5) is 24.4. The van der Waals surface area contributed by atoms with E-state index >= 15 is 0 Å². The molecule has 22 heavy (non-hydrogen) atoms. The molecule has 0 fully saturated rings. The molecule has 0 bridgehead atoms. The lowest BCUT2D eigenvalue weighted by molar-refractivity contribution is -0.115. The van der Waals surface area contributed by atoms with Gasteiger partial charge in [-0.15, -0.1) is 23.1 Å². The number of carbonyl (C=O) groups excluding carboxylic acids is 2. The van der Waals surface area contributed by atoms with Crippen LogP contribution >= 0.6 is 23.1 Å². The molecule has 2 aromatic rings. The van der Waals surface area contributed by atoms with Gasteiger partial charge in [-0.3, -0.25) is 9.59 Å². The lowest BCUT2D eigenvalue weighted by atomic mass is 10.3.